The lowest BCUT2D eigenvalue weighted by molar-refractivity contribution is -0.137. The average Bonchev–Trinajstić information content (AvgIpc) is 3.28. The molecule has 0 spiro atoms. The van der Waals surface area contributed by atoms with Gasteiger partial charge in [0, 0.05) is 11.0 Å². The molecule has 1 fully saturated rings. The van der Waals surface area contributed by atoms with Gasteiger partial charge in [-0.3, -0.25) is 4.79 Å². The fraction of sp³-hybridized carbons (Fsp3) is 0.235. The van der Waals surface area contributed by atoms with Gasteiger partial charge in [-0.2, -0.15) is 13.2 Å². The lowest BCUT2D eigenvalue weighted by Crippen LogP contribution is -2.19. The molecule has 0 unspecified atom stereocenters. The molecule has 0 aliphatic heterocycles. The summed E-state index contributed by atoms with van der Waals surface area (Å²) in [5.41, 5.74) is 6.36. The summed E-state index contributed by atoms with van der Waals surface area (Å²) in [7, 11) is 0. The summed E-state index contributed by atoms with van der Waals surface area (Å²) in [6.07, 6.45) is -2.76. The van der Waals surface area contributed by atoms with Crippen LogP contribution in [0.4, 0.5) is 13.2 Å². The van der Waals surface area contributed by atoms with Crippen molar-refractivity contribution in [2.45, 2.75) is 24.4 Å². The summed E-state index contributed by atoms with van der Waals surface area (Å²) < 4.78 is 38.0. The van der Waals surface area contributed by atoms with Gasteiger partial charge in [-0.25, -0.2) is 0 Å². The molecular formula is C17H14F3NO. The van der Waals surface area contributed by atoms with E-state index in [2.05, 4.69) is 0 Å². The summed E-state index contributed by atoms with van der Waals surface area (Å²) in [5, 5.41) is 0. The third kappa shape index (κ3) is 2.36. The predicted octanol–water partition coefficient (Wildman–Crippen LogP) is 3.88. The minimum atomic E-state index is -4.35. The number of primary amides is 1. The number of amides is 1. The van der Waals surface area contributed by atoms with Crippen LogP contribution in [0.15, 0.2) is 48.5 Å². The van der Waals surface area contributed by atoms with Gasteiger partial charge >= 0.3 is 6.18 Å². The molecule has 2 aromatic carbocycles. The molecule has 22 heavy (non-hydrogen) atoms. The highest BCUT2D eigenvalue weighted by atomic mass is 19.4. The van der Waals surface area contributed by atoms with Gasteiger partial charge in [0.2, 0.25) is 5.91 Å². The van der Waals surface area contributed by atoms with Crippen LogP contribution in [0.3, 0.4) is 0 Å². The highest BCUT2D eigenvalue weighted by Gasteiger charge is 2.47. The van der Waals surface area contributed by atoms with Crippen molar-refractivity contribution >= 4 is 5.91 Å². The molecule has 0 saturated heterocycles. The van der Waals surface area contributed by atoms with E-state index in [9.17, 15) is 18.0 Å². The molecule has 0 heterocycles. The van der Waals surface area contributed by atoms with Gasteiger partial charge in [0.15, 0.2) is 0 Å². The zero-order chi connectivity index (χ0) is 16.0. The van der Waals surface area contributed by atoms with E-state index in [1.165, 1.54) is 12.1 Å². The van der Waals surface area contributed by atoms with Crippen LogP contribution in [0.5, 0.6) is 0 Å². The normalized spacial score (nSPS) is 16.3. The zero-order valence-corrected chi connectivity index (χ0v) is 11.7. The molecule has 0 atom stereocenters. The van der Waals surface area contributed by atoms with E-state index < -0.39 is 23.1 Å². The number of alkyl halides is 3. The Morgan fingerprint density at radius 3 is 2.09 bits per heavy atom. The monoisotopic (exact) mass is 305 g/mol. The Bertz CT molecular complexity index is 715. The minimum absolute atomic E-state index is 0.393. The molecule has 1 saturated carbocycles. The Morgan fingerprint density at radius 1 is 1.00 bits per heavy atom. The summed E-state index contributed by atoms with van der Waals surface area (Å²) >= 11 is 0. The quantitative estimate of drug-likeness (QED) is 0.918. The standard InChI is InChI=1S/C17H14F3NO/c18-17(19,20)12-7-5-11(6-8-12)16(9-10-16)14-4-2-1-3-13(14)15(21)22/h1-8H,9-10H2,(H2,21,22). The molecule has 0 bridgehead atoms. The van der Waals surface area contributed by atoms with Crippen molar-refractivity contribution in [1.29, 1.82) is 0 Å². The van der Waals surface area contributed by atoms with Crippen LogP contribution < -0.4 is 5.73 Å². The van der Waals surface area contributed by atoms with Crippen molar-refractivity contribution in [2.24, 2.45) is 5.73 Å². The van der Waals surface area contributed by atoms with E-state index in [0.717, 1.165) is 36.1 Å². The Balaban J connectivity index is 2.03. The maximum atomic E-state index is 12.7. The van der Waals surface area contributed by atoms with Crippen molar-refractivity contribution in [3.63, 3.8) is 0 Å². The fourth-order valence-electron chi connectivity index (χ4n) is 2.93. The smallest absolute Gasteiger partial charge is 0.366 e. The largest absolute Gasteiger partial charge is 0.416 e. The number of hydrogen-bond acceptors (Lipinski definition) is 1. The van der Waals surface area contributed by atoms with Crippen LogP contribution in [-0.4, -0.2) is 5.91 Å². The number of halogens is 3. The summed E-state index contributed by atoms with van der Waals surface area (Å²) in [4.78, 5) is 11.6. The van der Waals surface area contributed by atoms with Gasteiger partial charge in [0.05, 0.1) is 5.56 Å². The second kappa shape index (κ2) is 4.87. The van der Waals surface area contributed by atoms with Crippen molar-refractivity contribution in [3.05, 3.63) is 70.8 Å². The van der Waals surface area contributed by atoms with Gasteiger partial charge in [-0.1, -0.05) is 30.3 Å². The van der Waals surface area contributed by atoms with Crippen LogP contribution in [0.2, 0.25) is 0 Å². The van der Waals surface area contributed by atoms with Crippen molar-refractivity contribution in [1.82, 2.24) is 0 Å². The van der Waals surface area contributed by atoms with E-state index in [0.29, 0.717) is 5.56 Å². The van der Waals surface area contributed by atoms with Crippen molar-refractivity contribution in [2.75, 3.05) is 0 Å². The molecule has 5 heteroatoms. The molecule has 114 valence electrons. The minimum Gasteiger partial charge on any atom is -0.366 e. The first kappa shape index (κ1) is 14.6. The SMILES string of the molecule is NC(=O)c1ccccc1C1(c2ccc(C(F)(F)F)cc2)CC1. The maximum absolute atomic E-state index is 12.7. The lowest BCUT2D eigenvalue weighted by atomic mass is 9.84. The first-order valence-corrected chi connectivity index (χ1v) is 6.92. The van der Waals surface area contributed by atoms with Crippen LogP contribution in [0, 0.1) is 0 Å². The first-order valence-electron chi connectivity index (χ1n) is 6.92. The highest BCUT2D eigenvalue weighted by Crippen LogP contribution is 2.54. The van der Waals surface area contributed by atoms with E-state index in [4.69, 9.17) is 5.73 Å². The van der Waals surface area contributed by atoms with E-state index >= 15 is 0 Å². The Hall–Kier alpha value is -2.30. The number of carbonyl (C=O) groups excluding carboxylic acids is 1. The van der Waals surface area contributed by atoms with Crippen molar-refractivity contribution < 1.29 is 18.0 Å². The molecular weight excluding hydrogens is 291 g/mol. The topological polar surface area (TPSA) is 43.1 Å². The highest BCUT2D eigenvalue weighted by molar-refractivity contribution is 5.95. The first-order chi connectivity index (χ1) is 10.3. The molecule has 1 aliphatic carbocycles. The molecule has 3 rings (SSSR count). The molecule has 0 radical (unpaired) electrons. The number of nitrogens with two attached hydrogens (primary N) is 1. The van der Waals surface area contributed by atoms with E-state index in [1.54, 1.807) is 12.1 Å². The predicted molar refractivity (Wildman–Crippen MR) is 76.4 cm³/mol. The van der Waals surface area contributed by atoms with E-state index in [-0.39, 0.29) is 0 Å². The van der Waals surface area contributed by atoms with Crippen LogP contribution >= 0.6 is 0 Å². The van der Waals surface area contributed by atoms with Gasteiger partial charge in [-0.15, -0.1) is 0 Å². The molecule has 2 nitrogen and oxygen atoms in total. The summed E-state index contributed by atoms with van der Waals surface area (Å²) in [6, 6.07) is 12.2. The molecule has 1 amide bonds. The third-order valence-electron chi connectivity index (χ3n) is 4.22. The Kier molecular flexibility index (Phi) is 3.24. The van der Waals surface area contributed by atoms with Crippen LogP contribution in [-0.2, 0) is 11.6 Å². The maximum Gasteiger partial charge on any atom is 0.416 e. The number of hydrogen-bond donors (Lipinski definition) is 1. The molecule has 0 aromatic heterocycles. The molecule has 2 N–H and O–H groups in total. The Labute approximate surface area is 125 Å². The second-order valence-corrected chi connectivity index (χ2v) is 5.57. The number of carbonyl (C=O) groups is 1. The van der Waals surface area contributed by atoms with Gasteiger partial charge in [-0.05, 0) is 42.2 Å². The summed E-state index contributed by atoms with van der Waals surface area (Å²) in [5.74, 6) is -0.520. The Morgan fingerprint density at radius 2 is 1.59 bits per heavy atom. The van der Waals surface area contributed by atoms with Crippen LogP contribution in [0.1, 0.15) is 39.9 Å². The molecule has 1 aliphatic rings. The number of benzene rings is 2. The average molecular weight is 305 g/mol. The lowest BCUT2D eigenvalue weighted by Gasteiger charge is -2.19. The molecule has 2 aromatic rings. The zero-order valence-electron chi connectivity index (χ0n) is 11.7. The van der Waals surface area contributed by atoms with Crippen molar-refractivity contribution in [3.8, 4) is 0 Å². The fourth-order valence-corrected chi connectivity index (χ4v) is 2.93. The second-order valence-electron chi connectivity index (χ2n) is 5.57. The van der Waals surface area contributed by atoms with E-state index in [1.807, 2.05) is 12.1 Å². The number of rotatable bonds is 3. The van der Waals surface area contributed by atoms with Gasteiger partial charge < -0.3 is 5.73 Å². The van der Waals surface area contributed by atoms with Crippen LogP contribution in [0.25, 0.3) is 0 Å². The summed E-state index contributed by atoms with van der Waals surface area (Å²) in [6.45, 7) is 0. The van der Waals surface area contributed by atoms with Gasteiger partial charge in [0.1, 0.15) is 0 Å². The third-order valence-corrected chi connectivity index (χ3v) is 4.22. The van der Waals surface area contributed by atoms with Gasteiger partial charge in [0.25, 0.3) is 0 Å².